The van der Waals surface area contributed by atoms with Crippen LogP contribution in [0.15, 0.2) is 71.7 Å². The van der Waals surface area contributed by atoms with Gasteiger partial charge in [0.1, 0.15) is 5.75 Å². The van der Waals surface area contributed by atoms with Crippen molar-refractivity contribution in [1.29, 1.82) is 0 Å². The summed E-state index contributed by atoms with van der Waals surface area (Å²) in [6.07, 6.45) is 1.57. The van der Waals surface area contributed by atoms with Gasteiger partial charge >= 0.3 is 0 Å². The lowest BCUT2D eigenvalue weighted by atomic mass is 10.2. The molecule has 0 radical (unpaired) electrons. The van der Waals surface area contributed by atoms with Gasteiger partial charge in [0.05, 0.1) is 19.2 Å². The molecule has 3 rings (SSSR count). The number of methoxy groups -OCH3 is 1. The number of amides is 1. The molecule has 0 fully saturated rings. The van der Waals surface area contributed by atoms with Crippen molar-refractivity contribution in [3.63, 3.8) is 0 Å². The standard InChI is InChI=1S/C21H20N2O3/c1-15-6-9-18(10-7-15)22-21(25)17-8-11-20(24)23(14-17)13-16-4-3-5-19(12-16)26-2/h3-12,14H,13H2,1-2H3,(H,22,25). The van der Waals surface area contributed by atoms with Crippen LogP contribution in [0.5, 0.6) is 5.75 Å². The molecule has 0 saturated heterocycles. The van der Waals surface area contributed by atoms with Crippen molar-refractivity contribution in [2.45, 2.75) is 13.5 Å². The Bertz CT molecular complexity index is 975. The predicted molar refractivity (Wildman–Crippen MR) is 102 cm³/mol. The second-order valence-electron chi connectivity index (χ2n) is 6.06. The maximum atomic E-state index is 12.5. The predicted octanol–water partition coefficient (Wildman–Crippen LogP) is 3.47. The number of benzene rings is 2. The number of aromatic nitrogens is 1. The summed E-state index contributed by atoms with van der Waals surface area (Å²) in [4.78, 5) is 24.6. The summed E-state index contributed by atoms with van der Waals surface area (Å²) in [5.41, 5.74) is 3.01. The SMILES string of the molecule is COc1cccc(Cn2cc(C(=O)Nc3ccc(C)cc3)ccc2=O)c1. The van der Waals surface area contributed by atoms with Gasteiger partial charge in [-0.25, -0.2) is 0 Å². The highest BCUT2D eigenvalue weighted by Gasteiger charge is 2.09. The van der Waals surface area contributed by atoms with Gasteiger partial charge in [-0.05, 0) is 42.8 Å². The summed E-state index contributed by atoms with van der Waals surface area (Å²) in [6.45, 7) is 2.35. The van der Waals surface area contributed by atoms with Crippen molar-refractivity contribution in [2.24, 2.45) is 0 Å². The van der Waals surface area contributed by atoms with Crippen LogP contribution in [-0.4, -0.2) is 17.6 Å². The smallest absolute Gasteiger partial charge is 0.257 e. The molecule has 0 aliphatic carbocycles. The second-order valence-corrected chi connectivity index (χ2v) is 6.06. The number of anilines is 1. The second kappa shape index (κ2) is 7.70. The molecule has 1 aromatic heterocycles. The Hall–Kier alpha value is -3.34. The number of nitrogens with one attached hydrogen (secondary N) is 1. The first-order valence-electron chi connectivity index (χ1n) is 8.26. The molecule has 2 aromatic carbocycles. The summed E-state index contributed by atoms with van der Waals surface area (Å²) >= 11 is 0. The van der Waals surface area contributed by atoms with Gasteiger partial charge in [-0.15, -0.1) is 0 Å². The fourth-order valence-electron chi connectivity index (χ4n) is 2.60. The maximum Gasteiger partial charge on any atom is 0.257 e. The Balaban J connectivity index is 1.81. The zero-order chi connectivity index (χ0) is 18.5. The van der Waals surface area contributed by atoms with Crippen molar-refractivity contribution in [3.8, 4) is 5.75 Å². The number of ether oxygens (including phenoxy) is 1. The zero-order valence-corrected chi connectivity index (χ0v) is 14.7. The van der Waals surface area contributed by atoms with Crippen molar-refractivity contribution in [2.75, 3.05) is 12.4 Å². The molecule has 5 heteroatoms. The monoisotopic (exact) mass is 348 g/mol. The fourth-order valence-corrected chi connectivity index (χ4v) is 2.60. The van der Waals surface area contributed by atoms with Crippen LogP contribution in [0.1, 0.15) is 21.5 Å². The Labute approximate surface area is 151 Å². The van der Waals surface area contributed by atoms with Crippen LogP contribution >= 0.6 is 0 Å². The highest BCUT2D eigenvalue weighted by molar-refractivity contribution is 6.04. The molecule has 0 spiro atoms. The third-order valence-electron chi connectivity index (χ3n) is 4.04. The molecule has 1 N–H and O–H groups in total. The van der Waals surface area contributed by atoms with Crippen molar-refractivity contribution >= 4 is 11.6 Å². The minimum Gasteiger partial charge on any atom is -0.497 e. The van der Waals surface area contributed by atoms with Crippen molar-refractivity contribution < 1.29 is 9.53 Å². The van der Waals surface area contributed by atoms with E-state index >= 15 is 0 Å². The van der Waals surface area contributed by atoms with E-state index in [1.54, 1.807) is 13.3 Å². The largest absolute Gasteiger partial charge is 0.497 e. The molecule has 132 valence electrons. The summed E-state index contributed by atoms with van der Waals surface area (Å²) in [5, 5.41) is 2.84. The highest BCUT2D eigenvalue weighted by Crippen LogP contribution is 2.14. The van der Waals surface area contributed by atoms with Crippen LogP contribution < -0.4 is 15.6 Å². The number of carbonyl (C=O) groups excluding carboxylic acids is 1. The fraction of sp³-hybridized carbons (Fsp3) is 0.143. The Morgan fingerprint density at radius 3 is 2.58 bits per heavy atom. The summed E-state index contributed by atoms with van der Waals surface area (Å²) in [7, 11) is 1.60. The highest BCUT2D eigenvalue weighted by atomic mass is 16.5. The third-order valence-corrected chi connectivity index (χ3v) is 4.04. The van der Waals surface area contributed by atoms with E-state index in [1.165, 1.54) is 16.7 Å². The summed E-state index contributed by atoms with van der Waals surface area (Å²) in [5.74, 6) is 0.470. The number of hydrogen-bond acceptors (Lipinski definition) is 3. The number of pyridine rings is 1. The van der Waals surface area contributed by atoms with Gasteiger partial charge in [0, 0.05) is 18.0 Å². The Kier molecular flexibility index (Phi) is 5.17. The maximum absolute atomic E-state index is 12.5. The molecular formula is C21H20N2O3. The molecular weight excluding hydrogens is 328 g/mol. The van der Waals surface area contributed by atoms with Gasteiger partial charge in [0.2, 0.25) is 0 Å². The lowest BCUT2D eigenvalue weighted by Crippen LogP contribution is -2.22. The topological polar surface area (TPSA) is 60.3 Å². The third kappa shape index (κ3) is 4.19. The quantitative estimate of drug-likeness (QED) is 0.768. The van der Waals surface area contributed by atoms with E-state index in [4.69, 9.17) is 4.74 Å². The number of aryl methyl sites for hydroxylation is 1. The average molecular weight is 348 g/mol. The van der Waals surface area contributed by atoms with Crippen LogP contribution in [0.2, 0.25) is 0 Å². The minimum atomic E-state index is -0.256. The van der Waals surface area contributed by atoms with Crippen LogP contribution in [0.3, 0.4) is 0 Å². The van der Waals surface area contributed by atoms with E-state index in [1.807, 2.05) is 55.5 Å². The minimum absolute atomic E-state index is 0.167. The summed E-state index contributed by atoms with van der Waals surface area (Å²) < 4.78 is 6.72. The van der Waals surface area contributed by atoms with E-state index in [0.717, 1.165) is 16.9 Å². The molecule has 0 unspecified atom stereocenters. The summed E-state index contributed by atoms with van der Waals surface area (Å²) in [6, 6.07) is 18.0. The van der Waals surface area contributed by atoms with Crippen molar-refractivity contribution in [3.05, 3.63) is 93.9 Å². The first-order valence-corrected chi connectivity index (χ1v) is 8.26. The van der Waals surface area contributed by atoms with Gasteiger partial charge in [0.15, 0.2) is 0 Å². The van der Waals surface area contributed by atoms with Crippen molar-refractivity contribution in [1.82, 2.24) is 4.57 Å². The van der Waals surface area contributed by atoms with E-state index < -0.39 is 0 Å². The molecule has 5 nitrogen and oxygen atoms in total. The zero-order valence-electron chi connectivity index (χ0n) is 14.7. The molecule has 1 heterocycles. The van der Waals surface area contributed by atoms with Gasteiger partial charge in [-0.1, -0.05) is 29.8 Å². The molecule has 0 aliphatic heterocycles. The van der Waals surface area contributed by atoms with Gasteiger partial charge < -0.3 is 14.6 Å². The van der Waals surface area contributed by atoms with Crippen LogP contribution in [0.25, 0.3) is 0 Å². The van der Waals surface area contributed by atoms with Crippen LogP contribution in [0.4, 0.5) is 5.69 Å². The molecule has 0 saturated carbocycles. The molecule has 0 bridgehead atoms. The number of rotatable bonds is 5. The Morgan fingerprint density at radius 2 is 1.85 bits per heavy atom. The molecule has 26 heavy (non-hydrogen) atoms. The van der Waals surface area contributed by atoms with E-state index in [-0.39, 0.29) is 11.5 Å². The average Bonchev–Trinajstić information content (AvgIpc) is 2.65. The first kappa shape index (κ1) is 17.5. The molecule has 0 atom stereocenters. The lowest BCUT2D eigenvalue weighted by Gasteiger charge is -2.10. The van der Waals surface area contributed by atoms with Crippen LogP contribution in [0, 0.1) is 6.92 Å². The molecule has 0 aliphatic rings. The number of nitrogens with zero attached hydrogens (tertiary/aromatic N) is 1. The van der Waals surface area contributed by atoms with E-state index in [0.29, 0.717) is 17.8 Å². The van der Waals surface area contributed by atoms with E-state index in [2.05, 4.69) is 5.32 Å². The van der Waals surface area contributed by atoms with Gasteiger partial charge in [-0.3, -0.25) is 9.59 Å². The lowest BCUT2D eigenvalue weighted by molar-refractivity contribution is 0.102. The molecule has 1 amide bonds. The van der Waals surface area contributed by atoms with Gasteiger partial charge in [0.25, 0.3) is 11.5 Å². The number of hydrogen-bond donors (Lipinski definition) is 1. The number of carbonyl (C=O) groups is 1. The normalized spacial score (nSPS) is 10.4. The molecule has 3 aromatic rings. The van der Waals surface area contributed by atoms with E-state index in [9.17, 15) is 9.59 Å². The Morgan fingerprint density at radius 1 is 1.08 bits per heavy atom. The first-order chi connectivity index (χ1) is 12.5. The van der Waals surface area contributed by atoms with Gasteiger partial charge in [-0.2, -0.15) is 0 Å². The van der Waals surface area contributed by atoms with Crippen LogP contribution in [-0.2, 0) is 6.54 Å².